The molecule has 2 aromatic heterocycles. The summed E-state index contributed by atoms with van der Waals surface area (Å²) in [6.07, 6.45) is 4.59. The van der Waals surface area contributed by atoms with Crippen LogP contribution in [0.1, 0.15) is 36.8 Å². The van der Waals surface area contributed by atoms with E-state index in [-0.39, 0.29) is 11.7 Å². The third-order valence-electron chi connectivity index (χ3n) is 3.78. The Bertz CT molecular complexity index is 1180. The molecule has 0 atom stereocenters. The Hall–Kier alpha value is -3.96. The second kappa shape index (κ2) is 11.4. The second-order valence-electron chi connectivity index (χ2n) is 6.61. The van der Waals surface area contributed by atoms with Gasteiger partial charge in [-0.3, -0.25) is 0 Å². The summed E-state index contributed by atoms with van der Waals surface area (Å²) in [5.74, 6) is 4.38. The van der Waals surface area contributed by atoms with Crippen LogP contribution in [0.25, 0.3) is 5.69 Å². The SMILES string of the molecule is CC(C)c1nc(C#Cc2ccnc(Cl)c2)cn1-c1ccc(F)cc1.O=C(O)/C=C/C(=O)O. The summed E-state index contributed by atoms with van der Waals surface area (Å²) >= 11 is 5.86. The van der Waals surface area contributed by atoms with Gasteiger partial charge in [-0.15, -0.1) is 0 Å². The lowest BCUT2D eigenvalue weighted by molar-refractivity contribution is -0.134. The Balaban J connectivity index is 0.000000390. The van der Waals surface area contributed by atoms with Crippen LogP contribution in [0.5, 0.6) is 0 Å². The largest absolute Gasteiger partial charge is 0.478 e. The van der Waals surface area contributed by atoms with Crippen LogP contribution in [0.3, 0.4) is 0 Å². The number of pyridine rings is 1. The molecule has 2 heterocycles. The topological polar surface area (TPSA) is 105 Å². The fraction of sp³-hybridized carbons (Fsp3) is 0.130. The number of aromatic nitrogens is 3. The summed E-state index contributed by atoms with van der Waals surface area (Å²) in [7, 11) is 0. The third-order valence-corrected chi connectivity index (χ3v) is 3.99. The first-order valence-corrected chi connectivity index (χ1v) is 9.66. The summed E-state index contributed by atoms with van der Waals surface area (Å²) in [5, 5.41) is 16.0. The lowest BCUT2D eigenvalue weighted by Gasteiger charge is -2.09. The molecule has 7 nitrogen and oxygen atoms in total. The van der Waals surface area contributed by atoms with Crippen LogP contribution in [0.4, 0.5) is 4.39 Å². The van der Waals surface area contributed by atoms with Crippen molar-refractivity contribution in [2.75, 3.05) is 0 Å². The van der Waals surface area contributed by atoms with Gasteiger partial charge in [0.1, 0.15) is 22.5 Å². The Labute approximate surface area is 188 Å². The lowest BCUT2D eigenvalue weighted by Crippen LogP contribution is -2.02. The smallest absolute Gasteiger partial charge is 0.328 e. The molecule has 0 radical (unpaired) electrons. The van der Waals surface area contributed by atoms with E-state index in [1.54, 1.807) is 30.5 Å². The quantitative estimate of drug-likeness (QED) is 0.345. The zero-order valence-electron chi connectivity index (χ0n) is 17.2. The van der Waals surface area contributed by atoms with Gasteiger partial charge in [-0.05, 0) is 42.3 Å². The summed E-state index contributed by atoms with van der Waals surface area (Å²) in [4.78, 5) is 27.6. The van der Waals surface area contributed by atoms with Crippen molar-refractivity contribution < 1.29 is 24.2 Å². The van der Waals surface area contributed by atoms with E-state index in [2.05, 4.69) is 35.7 Å². The van der Waals surface area contributed by atoms with Crippen molar-refractivity contribution >= 4 is 23.5 Å². The summed E-state index contributed by atoms with van der Waals surface area (Å²) in [5.41, 5.74) is 2.28. The number of halogens is 2. The highest BCUT2D eigenvalue weighted by Gasteiger charge is 2.12. The first kappa shape index (κ1) is 24.3. The highest BCUT2D eigenvalue weighted by molar-refractivity contribution is 6.29. The summed E-state index contributed by atoms with van der Waals surface area (Å²) in [6.45, 7) is 4.12. The van der Waals surface area contributed by atoms with Gasteiger partial charge in [0.25, 0.3) is 0 Å². The van der Waals surface area contributed by atoms with Gasteiger partial charge >= 0.3 is 11.9 Å². The van der Waals surface area contributed by atoms with E-state index >= 15 is 0 Å². The number of hydrogen-bond acceptors (Lipinski definition) is 4. The van der Waals surface area contributed by atoms with Gasteiger partial charge in [-0.2, -0.15) is 0 Å². The Morgan fingerprint density at radius 1 is 1.09 bits per heavy atom. The zero-order chi connectivity index (χ0) is 23.7. The molecule has 0 unspecified atom stereocenters. The van der Waals surface area contributed by atoms with Crippen LogP contribution in [-0.4, -0.2) is 36.7 Å². The standard InChI is InChI=1S/C19H15ClFN3.C4H4O4/c1-13(2)19-23-16(6-3-14-9-10-22-18(20)11-14)12-24(19)17-7-4-15(21)5-8-17;5-3(6)1-2-4(7)8/h4-5,7-13H,1-2H3;1-2H,(H,5,6)(H,7,8)/b;2-1+. The van der Waals surface area contributed by atoms with E-state index in [4.69, 9.17) is 21.8 Å². The number of rotatable bonds is 4. The molecule has 0 fully saturated rings. The molecule has 0 amide bonds. The Morgan fingerprint density at radius 2 is 1.72 bits per heavy atom. The number of benzene rings is 1. The van der Waals surface area contributed by atoms with E-state index in [0.29, 0.717) is 23.0 Å². The Kier molecular flexibility index (Phi) is 8.69. The van der Waals surface area contributed by atoms with Crippen molar-refractivity contribution in [1.82, 2.24) is 14.5 Å². The minimum absolute atomic E-state index is 0.209. The maximum Gasteiger partial charge on any atom is 0.328 e. The van der Waals surface area contributed by atoms with Crippen LogP contribution >= 0.6 is 11.6 Å². The van der Waals surface area contributed by atoms with Gasteiger partial charge in [0, 0.05) is 41.7 Å². The molecular weight excluding hydrogens is 437 g/mol. The number of nitrogens with zero attached hydrogens (tertiary/aromatic N) is 3. The maximum absolute atomic E-state index is 13.1. The minimum Gasteiger partial charge on any atom is -0.478 e. The molecule has 3 rings (SSSR count). The molecule has 1 aromatic carbocycles. The van der Waals surface area contributed by atoms with Gasteiger partial charge in [-0.1, -0.05) is 31.4 Å². The molecule has 9 heteroatoms. The molecular formula is C23H19ClFN3O4. The first-order chi connectivity index (χ1) is 15.2. The number of carbonyl (C=O) groups is 2. The molecule has 0 aliphatic carbocycles. The molecule has 0 bridgehead atoms. The van der Waals surface area contributed by atoms with Gasteiger partial charge in [0.05, 0.1) is 0 Å². The number of carboxylic acid groups (broad SMARTS) is 2. The van der Waals surface area contributed by atoms with Crippen molar-refractivity contribution in [3.8, 4) is 17.5 Å². The summed E-state index contributed by atoms with van der Waals surface area (Å²) in [6, 6.07) is 9.81. The van der Waals surface area contributed by atoms with Crippen molar-refractivity contribution in [1.29, 1.82) is 0 Å². The van der Waals surface area contributed by atoms with E-state index in [1.807, 2.05) is 10.8 Å². The van der Waals surface area contributed by atoms with E-state index in [9.17, 15) is 14.0 Å². The minimum atomic E-state index is -1.26. The van der Waals surface area contributed by atoms with Gasteiger partial charge in [0.15, 0.2) is 0 Å². The van der Waals surface area contributed by atoms with Crippen molar-refractivity contribution in [3.63, 3.8) is 0 Å². The molecule has 164 valence electrons. The average Bonchev–Trinajstić information content (AvgIpc) is 3.17. The predicted octanol–water partition coefficient (Wildman–Crippen LogP) is 4.29. The number of carboxylic acids is 2. The maximum atomic E-state index is 13.1. The van der Waals surface area contributed by atoms with Crippen LogP contribution in [0, 0.1) is 17.7 Å². The predicted molar refractivity (Wildman–Crippen MR) is 117 cm³/mol. The summed E-state index contributed by atoms with van der Waals surface area (Å²) < 4.78 is 15.1. The Morgan fingerprint density at radius 3 is 2.25 bits per heavy atom. The van der Waals surface area contributed by atoms with Gasteiger partial charge in [0.2, 0.25) is 0 Å². The van der Waals surface area contributed by atoms with Crippen molar-refractivity contribution in [2.45, 2.75) is 19.8 Å². The average molecular weight is 456 g/mol. The van der Waals surface area contributed by atoms with Crippen molar-refractivity contribution in [3.05, 3.63) is 89.0 Å². The number of imidazole rings is 1. The fourth-order valence-corrected chi connectivity index (χ4v) is 2.60. The van der Waals surface area contributed by atoms with E-state index in [0.717, 1.165) is 17.1 Å². The third kappa shape index (κ3) is 7.70. The van der Waals surface area contributed by atoms with Crippen LogP contribution < -0.4 is 0 Å². The monoisotopic (exact) mass is 455 g/mol. The molecule has 2 N–H and O–H groups in total. The van der Waals surface area contributed by atoms with Crippen molar-refractivity contribution in [2.24, 2.45) is 0 Å². The molecule has 32 heavy (non-hydrogen) atoms. The normalized spacial score (nSPS) is 10.3. The second-order valence-corrected chi connectivity index (χ2v) is 7.00. The zero-order valence-corrected chi connectivity index (χ0v) is 17.9. The van der Waals surface area contributed by atoms with Gasteiger partial charge in [-0.25, -0.2) is 23.9 Å². The van der Waals surface area contributed by atoms with Gasteiger partial charge < -0.3 is 14.8 Å². The molecule has 0 saturated heterocycles. The molecule has 0 spiro atoms. The molecule has 0 aliphatic heterocycles. The van der Waals surface area contributed by atoms with Crippen LogP contribution in [0.2, 0.25) is 5.15 Å². The number of aliphatic carboxylic acids is 2. The van der Waals surface area contributed by atoms with Crippen LogP contribution in [0.15, 0.2) is 60.9 Å². The van der Waals surface area contributed by atoms with Crippen LogP contribution in [-0.2, 0) is 9.59 Å². The fourth-order valence-electron chi connectivity index (χ4n) is 2.43. The van der Waals surface area contributed by atoms with E-state index in [1.165, 1.54) is 12.1 Å². The first-order valence-electron chi connectivity index (χ1n) is 9.28. The molecule has 3 aromatic rings. The lowest BCUT2D eigenvalue weighted by atomic mass is 10.2. The van der Waals surface area contributed by atoms with E-state index < -0.39 is 11.9 Å². The molecule has 0 saturated carbocycles. The highest BCUT2D eigenvalue weighted by atomic mass is 35.5. The highest BCUT2D eigenvalue weighted by Crippen LogP contribution is 2.20. The number of hydrogen-bond donors (Lipinski definition) is 2. The molecule has 0 aliphatic rings.